The molecule has 3 aromatic carbocycles. The van der Waals surface area contributed by atoms with E-state index < -0.39 is 12.0 Å². The first-order valence-electron chi connectivity index (χ1n) is 10.4. The van der Waals surface area contributed by atoms with Gasteiger partial charge in [-0.1, -0.05) is 41.6 Å². The number of ether oxygens (including phenoxy) is 1. The lowest BCUT2D eigenvalue weighted by atomic mass is 9.84. The number of benzene rings is 3. The molecule has 0 amide bonds. The first kappa shape index (κ1) is 20.4. The van der Waals surface area contributed by atoms with Gasteiger partial charge in [-0.2, -0.15) is 0 Å². The molecule has 33 heavy (non-hydrogen) atoms. The second-order valence-corrected chi connectivity index (χ2v) is 7.43. The number of para-hydroxylation sites is 1. The number of rotatable bonds is 4. The molecule has 0 aliphatic heterocycles. The molecular formula is C25H18N4O4. The van der Waals surface area contributed by atoms with Crippen molar-refractivity contribution in [2.75, 3.05) is 6.61 Å². The van der Waals surface area contributed by atoms with E-state index in [0.717, 1.165) is 0 Å². The monoisotopic (exact) mass is 438 g/mol. The summed E-state index contributed by atoms with van der Waals surface area (Å²) in [6.07, 6.45) is 0. The van der Waals surface area contributed by atoms with Gasteiger partial charge in [-0.15, -0.1) is 5.10 Å². The first-order chi connectivity index (χ1) is 16.1. The Bertz CT molecular complexity index is 1440. The van der Waals surface area contributed by atoms with Gasteiger partial charge in [-0.25, -0.2) is 14.5 Å². The highest BCUT2D eigenvalue weighted by Crippen LogP contribution is 2.31. The zero-order valence-corrected chi connectivity index (χ0v) is 17.6. The Morgan fingerprint density at radius 1 is 0.970 bits per heavy atom. The van der Waals surface area contributed by atoms with E-state index in [2.05, 4.69) is 15.3 Å². The average Bonchev–Trinajstić information content (AvgIpc) is 3.27. The Morgan fingerprint density at radius 3 is 2.42 bits per heavy atom. The van der Waals surface area contributed by atoms with E-state index in [1.807, 2.05) is 12.1 Å². The zero-order chi connectivity index (χ0) is 22.9. The number of nitrogens with zero attached hydrogens (tertiary/aromatic N) is 4. The van der Waals surface area contributed by atoms with Crippen molar-refractivity contribution < 1.29 is 19.1 Å². The number of esters is 1. The first-order valence-corrected chi connectivity index (χ1v) is 10.4. The highest BCUT2D eigenvalue weighted by molar-refractivity contribution is 6.54. The van der Waals surface area contributed by atoms with Gasteiger partial charge in [0.25, 0.3) is 0 Å². The Morgan fingerprint density at radius 2 is 1.67 bits per heavy atom. The summed E-state index contributed by atoms with van der Waals surface area (Å²) in [5.74, 6) is -1.09. The molecule has 0 fully saturated rings. The van der Waals surface area contributed by atoms with E-state index in [4.69, 9.17) is 4.74 Å². The summed E-state index contributed by atoms with van der Waals surface area (Å²) in [6.45, 7) is 2.00. The van der Waals surface area contributed by atoms with Crippen molar-refractivity contribution in [3.8, 4) is 0 Å². The molecule has 1 unspecified atom stereocenters. The lowest BCUT2D eigenvalue weighted by molar-refractivity contribution is 0.0526. The predicted octanol–water partition coefficient (Wildman–Crippen LogP) is 4.00. The normalized spacial score (nSPS) is 16.8. The van der Waals surface area contributed by atoms with Crippen molar-refractivity contribution in [1.29, 1.82) is 0 Å². The molecule has 1 atom stereocenters. The maximum Gasteiger partial charge on any atom is 0.338 e. The molecular weight excluding hydrogens is 420 g/mol. The molecule has 1 aliphatic rings. The van der Waals surface area contributed by atoms with Gasteiger partial charge in [0, 0.05) is 11.1 Å². The van der Waals surface area contributed by atoms with E-state index in [1.54, 1.807) is 67.6 Å². The Hall–Kier alpha value is -4.46. The number of Topliss-reactive ketones (excluding diaryl/α,β-unsaturated/α-hetero) is 2. The third kappa shape index (κ3) is 3.51. The quantitative estimate of drug-likeness (QED) is 0.446. The van der Waals surface area contributed by atoms with Crippen LogP contribution in [-0.2, 0) is 4.74 Å². The summed E-state index contributed by atoms with van der Waals surface area (Å²) < 4.78 is 6.44. The summed E-state index contributed by atoms with van der Waals surface area (Å²) in [6, 6.07) is 19.2. The lowest BCUT2D eigenvalue weighted by Gasteiger charge is -2.24. The third-order valence-electron chi connectivity index (χ3n) is 5.43. The maximum absolute atomic E-state index is 13.5. The minimum absolute atomic E-state index is 0.0400. The van der Waals surface area contributed by atoms with Gasteiger partial charge in [0.15, 0.2) is 11.8 Å². The number of fused-ring (bicyclic) bond motifs is 2. The second kappa shape index (κ2) is 8.23. The fraction of sp³-hybridized carbons (Fsp3) is 0.120. The standard InChI is InChI=1S/C25H18N4O4/c1-2-33-25(32)15-11-13-16(14-12-15)26-21-22(29-20-10-6-5-9-19(20)27-28-29)24(31)18-8-4-3-7-17(18)23(21)30/h3-14,22H,2H2,1H3. The van der Waals surface area contributed by atoms with E-state index in [9.17, 15) is 14.4 Å². The SMILES string of the molecule is CCOC(=O)c1ccc(N=C2C(=O)c3ccccc3C(=O)C2n2nnc3ccccc32)cc1. The minimum atomic E-state index is -1.07. The Labute approximate surface area is 188 Å². The molecule has 8 nitrogen and oxygen atoms in total. The van der Waals surface area contributed by atoms with Crippen LogP contribution in [0.25, 0.3) is 11.0 Å². The fourth-order valence-corrected chi connectivity index (χ4v) is 3.87. The number of hydrogen-bond donors (Lipinski definition) is 0. The number of ketones is 2. The fourth-order valence-electron chi connectivity index (χ4n) is 3.87. The van der Waals surface area contributed by atoms with Crippen molar-refractivity contribution >= 4 is 40.0 Å². The molecule has 0 bridgehead atoms. The summed E-state index contributed by atoms with van der Waals surface area (Å²) in [7, 11) is 0. The predicted molar refractivity (Wildman–Crippen MR) is 121 cm³/mol. The van der Waals surface area contributed by atoms with Crippen LogP contribution in [0.15, 0.2) is 77.8 Å². The highest BCUT2D eigenvalue weighted by Gasteiger charge is 2.41. The zero-order valence-electron chi connectivity index (χ0n) is 17.6. The van der Waals surface area contributed by atoms with E-state index in [-0.39, 0.29) is 23.9 Å². The number of hydrogen-bond acceptors (Lipinski definition) is 7. The van der Waals surface area contributed by atoms with Gasteiger partial charge in [0.2, 0.25) is 5.78 Å². The molecule has 1 heterocycles. The van der Waals surface area contributed by atoms with Crippen molar-refractivity contribution in [2.24, 2.45) is 4.99 Å². The molecule has 0 saturated carbocycles. The van der Waals surface area contributed by atoms with Crippen LogP contribution in [-0.4, -0.2) is 44.8 Å². The maximum atomic E-state index is 13.5. The van der Waals surface area contributed by atoms with E-state index in [1.165, 1.54) is 4.68 Å². The van der Waals surface area contributed by atoms with Crippen LogP contribution in [0.5, 0.6) is 0 Å². The average molecular weight is 438 g/mol. The molecule has 0 N–H and O–H groups in total. The van der Waals surface area contributed by atoms with E-state index in [0.29, 0.717) is 33.4 Å². The highest BCUT2D eigenvalue weighted by atomic mass is 16.5. The van der Waals surface area contributed by atoms with Crippen LogP contribution in [0.2, 0.25) is 0 Å². The smallest absolute Gasteiger partial charge is 0.338 e. The van der Waals surface area contributed by atoms with Crippen molar-refractivity contribution in [3.63, 3.8) is 0 Å². The van der Waals surface area contributed by atoms with Gasteiger partial charge in [0.1, 0.15) is 11.2 Å². The lowest BCUT2D eigenvalue weighted by Crippen LogP contribution is -2.39. The van der Waals surface area contributed by atoms with Crippen LogP contribution in [0.4, 0.5) is 5.69 Å². The molecule has 1 aromatic heterocycles. The van der Waals surface area contributed by atoms with Crippen molar-refractivity contribution in [1.82, 2.24) is 15.0 Å². The summed E-state index contributed by atoms with van der Waals surface area (Å²) in [5.41, 5.74) is 2.68. The van der Waals surface area contributed by atoms with Crippen LogP contribution < -0.4 is 0 Å². The minimum Gasteiger partial charge on any atom is -0.462 e. The summed E-state index contributed by atoms with van der Waals surface area (Å²) >= 11 is 0. The molecule has 162 valence electrons. The Balaban J connectivity index is 1.65. The molecule has 4 aromatic rings. The van der Waals surface area contributed by atoms with Crippen LogP contribution >= 0.6 is 0 Å². The topological polar surface area (TPSA) is 104 Å². The largest absolute Gasteiger partial charge is 0.462 e. The van der Waals surface area contributed by atoms with Gasteiger partial charge in [-0.05, 0) is 43.3 Å². The number of carbonyl (C=O) groups is 3. The van der Waals surface area contributed by atoms with Gasteiger partial charge in [-0.3, -0.25) is 9.59 Å². The van der Waals surface area contributed by atoms with Crippen LogP contribution in [0, 0.1) is 0 Å². The van der Waals surface area contributed by atoms with Crippen molar-refractivity contribution in [2.45, 2.75) is 13.0 Å². The Kier molecular flexibility index (Phi) is 5.10. The number of carbonyl (C=O) groups excluding carboxylic acids is 3. The second-order valence-electron chi connectivity index (χ2n) is 7.43. The van der Waals surface area contributed by atoms with Gasteiger partial charge >= 0.3 is 5.97 Å². The molecule has 0 radical (unpaired) electrons. The molecule has 0 spiro atoms. The molecule has 0 saturated heterocycles. The van der Waals surface area contributed by atoms with E-state index >= 15 is 0 Å². The molecule has 5 rings (SSSR count). The van der Waals surface area contributed by atoms with Crippen LogP contribution in [0.3, 0.4) is 0 Å². The van der Waals surface area contributed by atoms with Gasteiger partial charge < -0.3 is 4.74 Å². The number of aromatic nitrogens is 3. The van der Waals surface area contributed by atoms with Gasteiger partial charge in [0.05, 0.1) is 23.4 Å². The third-order valence-corrected chi connectivity index (χ3v) is 5.43. The van der Waals surface area contributed by atoms with Crippen LogP contribution in [0.1, 0.15) is 44.0 Å². The number of aliphatic imine (C=N–C) groups is 1. The molecule has 8 heteroatoms. The molecule has 1 aliphatic carbocycles. The summed E-state index contributed by atoms with van der Waals surface area (Å²) in [5, 5.41) is 8.32. The van der Waals surface area contributed by atoms with Crippen molar-refractivity contribution in [3.05, 3.63) is 89.5 Å². The summed E-state index contributed by atoms with van der Waals surface area (Å²) in [4.78, 5) is 43.5.